The number of aryl methyl sites for hydroxylation is 1. The highest BCUT2D eigenvalue weighted by Gasteiger charge is 2.27. The van der Waals surface area contributed by atoms with Crippen molar-refractivity contribution in [3.63, 3.8) is 0 Å². The summed E-state index contributed by atoms with van der Waals surface area (Å²) >= 11 is 6.23. The van der Waals surface area contributed by atoms with E-state index in [1.165, 1.54) is 30.3 Å². The number of anilines is 2. The van der Waals surface area contributed by atoms with Gasteiger partial charge in [0.05, 0.1) is 21.8 Å². The normalized spacial score (nSPS) is 11.7. The van der Waals surface area contributed by atoms with Gasteiger partial charge in [-0.2, -0.15) is 5.10 Å². The zero-order valence-electron chi connectivity index (χ0n) is 19.5. The third kappa shape index (κ3) is 5.26. The zero-order valence-corrected chi connectivity index (χ0v) is 21.0. The summed E-state index contributed by atoms with van der Waals surface area (Å²) in [5.41, 5.74) is 1.66. The van der Waals surface area contributed by atoms with E-state index in [1.54, 1.807) is 32.0 Å². The summed E-state index contributed by atoms with van der Waals surface area (Å²) in [5, 5.41) is 7.99. The summed E-state index contributed by atoms with van der Waals surface area (Å²) < 4.78 is 28.7. The number of carbonyl (C=O) groups is 2. The molecule has 3 rings (SSSR count). The third-order valence-corrected chi connectivity index (χ3v) is 7.03. The number of rotatable bonds is 6. The average molecular weight is 501 g/mol. The first kappa shape index (κ1) is 25.3. The van der Waals surface area contributed by atoms with Crippen LogP contribution in [-0.2, 0) is 20.2 Å². The maximum absolute atomic E-state index is 13.4. The van der Waals surface area contributed by atoms with Gasteiger partial charge in [-0.05, 0) is 66.8 Å². The molecular formula is C24H25ClN4O4S. The fraction of sp³-hybridized carbons (Fsp3) is 0.250. The zero-order chi connectivity index (χ0) is 25.3. The van der Waals surface area contributed by atoms with Crippen LogP contribution in [0.15, 0.2) is 53.4 Å². The van der Waals surface area contributed by atoms with Crippen molar-refractivity contribution in [3.8, 4) is 0 Å². The fourth-order valence-corrected chi connectivity index (χ4v) is 4.46. The minimum absolute atomic E-state index is 0.00319. The average Bonchev–Trinajstić information content (AvgIpc) is 2.77. The summed E-state index contributed by atoms with van der Waals surface area (Å²) in [6.07, 6.45) is 0.297. The molecule has 2 aromatic carbocycles. The number of aromatic nitrogens is 2. The van der Waals surface area contributed by atoms with Crippen molar-refractivity contribution >= 4 is 45.4 Å². The Morgan fingerprint density at radius 3 is 2.18 bits per heavy atom. The number of halogens is 1. The van der Waals surface area contributed by atoms with Gasteiger partial charge in [0.2, 0.25) is 6.41 Å². The molecule has 8 nitrogen and oxygen atoms in total. The number of sulfonamides is 1. The minimum atomic E-state index is -4.04. The Morgan fingerprint density at radius 2 is 1.65 bits per heavy atom. The Bertz CT molecular complexity index is 1330. The minimum Gasteiger partial charge on any atom is -0.279 e. The van der Waals surface area contributed by atoms with E-state index in [1.807, 2.05) is 20.8 Å². The van der Waals surface area contributed by atoms with Crippen molar-refractivity contribution in [2.75, 3.05) is 9.62 Å². The Hall–Kier alpha value is -3.30. The molecule has 0 aliphatic carbocycles. The lowest BCUT2D eigenvalue weighted by atomic mass is 9.87. The van der Waals surface area contributed by atoms with Crippen LogP contribution in [0.1, 0.15) is 48.0 Å². The van der Waals surface area contributed by atoms with E-state index in [9.17, 15) is 18.0 Å². The van der Waals surface area contributed by atoms with E-state index in [4.69, 9.17) is 11.6 Å². The van der Waals surface area contributed by atoms with Crippen molar-refractivity contribution in [1.82, 2.24) is 10.2 Å². The largest absolute Gasteiger partial charge is 0.279 e. The van der Waals surface area contributed by atoms with Crippen molar-refractivity contribution in [2.24, 2.45) is 0 Å². The van der Waals surface area contributed by atoms with E-state index in [-0.39, 0.29) is 32.4 Å². The van der Waals surface area contributed by atoms with Gasteiger partial charge in [-0.1, -0.05) is 44.5 Å². The molecule has 0 fully saturated rings. The maximum atomic E-state index is 13.4. The smallest absolute Gasteiger partial charge is 0.268 e. The van der Waals surface area contributed by atoms with Crippen molar-refractivity contribution < 1.29 is 18.0 Å². The molecule has 0 saturated heterocycles. The Labute approximate surface area is 204 Å². The highest BCUT2D eigenvalue weighted by molar-refractivity contribution is 7.92. The lowest BCUT2D eigenvalue weighted by Gasteiger charge is -2.20. The lowest BCUT2D eigenvalue weighted by molar-refractivity contribution is -0.107. The number of hydrogen-bond acceptors (Lipinski definition) is 6. The third-order valence-electron chi connectivity index (χ3n) is 5.24. The molecule has 178 valence electrons. The Kier molecular flexibility index (Phi) is 7.09. The van der Waals surface area contributed by atoms with Crippen molar-refractivity contribution in [1.29, 1.82) is 0 Å². The molecule has 1 heterocycles. The van der Waals surface area contributed by atoms with E-state index in [0.717, 1.165) is 10.5 Å². The Balaban J connectivity index is 2.03. The van der Waals surface area contributed by atoms with Crippen molar-refractivity contribution in [2.45, 2.75) is 44.9 Å². The molecule has 0 radical (unpaired) electrons. The van der Waals surface area contributed by atoms with Crippen LogP contribution < -0.4 is 9.62 Å². The number of benzene rings is 2. The van der Waals surface area contributed by atoms with Gasteiger partial charge in [-0.3, -0.25) is 14.3 Å². The molecule has 0 saturated carbocycles. The second-order valence-corrected chi connectivity index (χ2v) is 10.9. The molecule has 10 heteroatoms. The van der Waals surface area contributed by atoms with Crippen LogP contribution in [0.4, 0.5) is 11.5 Å². The Morgan fingerprint density at radius 1 is 1.00 bits per heavy atom. The first-order valence-electron chi connectivity index (χ1n) is 10.4. The van der Waals surface area contributed by atoms with E-state index >= 15 is 0 Å². The van der Waals surface area contributed by atoms with Gasteiger partial charge >= 0.3 is 0 Å². The summed E-state index contributed by atoms with van der Waals surface area (Å²) in [6, 6.07) is 12.4. The maximum Gasteiger partial charge on any atom is 0.268 e. The summed E-state index contributed by atoms with van der Waals surface area (Å²) in [6.45, 7) is 9.36. The predicted molar refractivity (Wildman–Crippen MR) is 132 cm³/mol. The second-order valence-electron chi connectivity index (χ2n) is 8.79. The monoisotopic (exact) mass is 500 g/mol. The van der Waals surface area contributed by atoms with Crippen LogP contribution >= 0.6 is 11.6 Å². The van der Waals surface area contributed by atoms with Gasteiger partial charge in [0.25, 0.3) is 15.9 Å². The molecule has 0 atom stereocenters. The van der Waals surface area contributed by atoms with Gasteiger partial charge in [0.15, 0.2) is 5.82 Å². The summed E-state index contributed by atoms with van der Waals surface area (Å²) in [7, 11) is -4.04. The first-order valence-corrected chi connectivity index (χ1v) is 12.2. The van der Waals surface area contributed by atoms with Gasteiger partial charge in [-0.15, -0.1) is 5.10 Å². The topological polar surface area (TPSA) is 109 Å². The molecule has 0 aliphatic rings. The summed E-state index contributed by atoms with van der Waals surface area (Å²) in [4.78, 5) is 25.9. The van der Waals surface area contributed by atoms with Crippen LogP contribution in [0.2, 0.25) is 5.02 Å². The van der Waals surface area contributed by atoms with Crippen molar-refractivity contribution in [3.05, 3.63) is 75.9 Å². The van der Waals surface area contributed by atoms with Gasteiger partial charge in [0.1, 0.15) is 0 Å². The molecule has 1 aromatic heterocycles. The lowest BCUT2D eigenvalue weighted by Crippen LogP contribution is -2.32. The predicted octanol–water partition coefficient (Wildman–Crippen LogP) is 4.65. The van der Waals surface area contributed by atoms with Gasteiger partial charge in [-0.25, -0.2) is 13.3 Å². The number of amides is 2. The molecular weight excluding hydrogens is 476 g/mol. The molecule has 0 unspecified atom stereocenters. The highest BCUT2D eigenvalue weighted by atomic mass is 35.5. The second kappa shape index (κ2) is 9.52. The standard InChI is InChI=1S/C24H25ClN4O4S/c1-15-6-13-21(27-26-15)29(14-30)23(31)22-16(2)19(25)11-12-20(22)28-34(32,33)18-9-7-17(8-10-18)24(3,4)5/h6-14,28H,1-5H3. The number of carbonyl (C=O) groups excluding carboxylic acids is 2. The highest BCUT2D eigenvalue weighted by Crippen LogP contribution is 2.31. The van der Waals surface area contributed by atoms with E-state index in [0.29, 0.717) is 17.7 Å². The summed E-state index contributed by atoms with van der Waals surface area (Å²) in [5.74, 6) is -0.800. The fourth-order valence-electron chi connectivity index (χ4n) is 3.23. The SMILES string of the molecule is Cc1ccc(N(C=O)C(=O)c2c(NS(=O)(=O)c3ccc(C(C)(C)C)cc3)ccc(Cl)c2C)nn1. The molecule has 0 bridgehead atoms. The molecule has 34 heavy (non-hydrogen) atoms. The van der Waals surface area contributed by atoms with Crippen LogP contribution in [-0.4, -0.2) is 30.9 Å². The number of nitrogens with one attached hydrogen (secondary N) is 1. The molecule has 3 aromatic rings. The first-order chi connectivity index (χ1) is 15.8. The van der Waals surface area contributed by atoms with Crippen LogP contribution in [0.3, 0.4) is 0 Å². The molecule has 0 aliphatic heterocycles. The molecule has 1 N–H and O–H groups in total. The van der Waals surface area contributed by atoms with E-state index < -0.39 is 15.9 Å². The molecule has 0 spiro atoms. The number of nitrogens with zero attached hydrogens (tertiary/aromatic N) is 3. The van der Waals surface area contributed by atoms with Crippen LogP contribution in [0, 0.1) is 13.8 Å². The van der Waals surface area contributed by atoms with Gasteiger partial charge in [0, 0.05) is 5.02 Å². The molecule has 2 amide bonds. The quantitative estimate of drug-likeness (QED) is 0.493. The van der Waals surface area contributed by atoms with Crippen LogP contribution in [0.5, 0.6) is 0 Å². The van der Waals surface area contributed by atoms with Gasteiger partial charge < -0.3 is 0 Å². The van der Waals surface area contributed by atoms with E-state index in [2.05, 4.69) is 14.9 Å². The number of hydrogen-bond donors (Lipinski definition) is 1. The van der Waals surface area contributed by atoms with Crippen LogP contribution in [0.25, 0.3) is 0 Å². The number of imide groups is 1.